The molecule has 0 bridgehead atoms. The Morgan fingerprint density at radius 3 is 2.45 bits per heavy atom. The maximum absolute atomic E-state index is 3.62. The van der Waals surface area contributed by atoms with Crippen LogP contribution in [0.3, 0.4) is 0 Å². The molecule has 20 heavy (non-hydrogen) atoms. The van der Waals surface area contributed by atoms with Gasteiger partial charge in [-0.05, 0) is 48.3 Å². The molecular weight excluding hydrogens is 242 g/mol. The van der Waals surface area contributed by atoms with Crippen LogP contribution in [0.1, 0.15) is 70.5 Å². The van der Waals surface area contributed by atoms with Gasteiger partial charge in [0, 0.05) is 6.04 Å². The molecule has 1 nitrogen and oxygen atoms in total. The Bertz CT molecular complexity index is 430. The predicted octanol–water partition coefficient (Wildman–Crippen LogP) is 5.07. The van der Waals surface area contributed by atoms with Gasteiger partial charge < -0.3 is 5.32 Å². The SMILES string of the molecule is CNC(c1ccccc1C(C)(C)C)C1CCCC(C)C1. The topological polar surface area (TPSA) is 12.0 Å². The molecule has 3 unspecified atom stereocenters. The third kappa shape index (κ3) is 3.44. The van der Waals surface area contributed by atoms with Crippen molar-refractivity contribution >= 4 is 0 Å². The van der Waals surface area contributed by atoms with Gasteiger partial charge in [0.25, 0.3) is 0 Å². The van der Waals surface area contributed by atoms with E-state index in [1.807, 2.05) is 0 Å². The van der Waals surface area contributed by atoms with Crippen LogP contribution in [0, 0.1) is 11.8 Å². The fourth-order valence-electron chi connectivity index (χ4n) is 3.88. The van der Waals surface area contributed by atoms with Gasteiger partial charge >= 0.3 is 0 Å². The zero-order valence-corrected chi connectivity index (χ0v) is 13.9. The molecule has 0 heterocycles. The van der Waals surface area contributed by atoms with Crippen molar-refractivity contribution < 1.29 is 0 Å². The Balaban J connectivity index is 2.32. The number of rotatable bonds is 3. The van der Waals surface area contributed by atoms with Crippen molar-refractivity contribution in [1.82, 2.24) is 5.32 Å². The molecule has 3 atom stereocenters. The standard InChI is InChI=1S/C19H31N/c1-14-9-8-10-15(13-14)18(20-5)16-11-6-7-12-17(16)19(2,3)4/h6-7,11-12,14-15,18,20H,8-10,13H2,1-5H3. The lowest BCUT2D eigenvalue weighted by molar-refractivity contribution is 0.228. The Kier molecular flexibility index (Phi) is 4.90. The predicted molar refractivity (Wildman–Crippen MR) is 88.1 cm³/mol. The summed E-state index contributed by atoms with van der Waals surface area (Å²) < 4.78 is 0. The minimum Gasteiger partial charge on any atom is -0.313 e. The van der Waals surface area contributed by atoms with Crippen LogP contribution in [0.25, 0.3) is 0 Å². The third-order valence-electron chi connectivity index (χ3n) is 4.86. The van der Waals surface area contributed by atoms with Crippen LogP contribution in [0.4, 0.5) is 0 Å². The van der Waals surface area contributed by atoms with Crippen LogP contribution in [-0.4, -0.2) is 7.05 Å². The lowest BCUT2D eigenvalue weighted by Crippen LogP contribution is -2.31. The molecule has 1 saturated carbocycles. The molecule has 0 radical (unpaired) electrons. The highest BCUT2D eigenvalue weighted by Crippen LogP contribution is 2.40. The van der Waals surface area contributed by atoms with Crippen molar-refractivity contribution in [2.75, 3.05) is 7.05 Å². The zero-order valence-electron chi connectivity index (χ0n) is 13.9. The Morgan fingerprint density at radius 2 is 1.85 bits per heavy atom. The van der Waals surface area contributed by atoms with E-state index in [4.69, 9.17) is 0 Å². The summed E-state index contributed by atoms with van der Waals surface area (Å²) in [4.78, 5) is 0. The molecular formula is C19H31N. The summed E-state index contributed by atoms with van der Waals surface area (Å²) in [5.41, 5.74) is 3.23. The van der Waals surface area contributed by atoms with Crippen molar-refractivity contribution in [3.63, 3.8) is 0 Å². The van der Waals surface area contributed by atoms with Gasteiger partial charge in [-0.3, -0.25) is 0 Å². The number of hydrogen-bond donors (Lipinski definition) is 1. The van der Waals surface area contributed by atoms with Gasteiger partial charge in [0.1, 0.15) is 0 Å². The summed E-state index contributed by atoms with van der Waals surface area (Å²) in [5.74, 6) is 1.67. The van der Waals surface area contributed by atoms with Gasteiger partial charge in [-0.1, -0.05) is 64.8 Å². The van der Waals surface area contributed by atoms with Crippen molar-refractivity contribution in [2.45, 2.75) is 64.8 Å². The van der Waals surface area contributed by atoms with E-state index in [2.05, 4.69) is 64.3 Å². The number of nitrogens with one attached hydrogen (secondary N) is 1. The molecule has 1 aliphatic rings. The van der Waals surface area contributed by atoms with Crippen molar-refractivity contribution in [3.05, 3.63) is 35.4 Å². The van der Waals surface area contributed by atoms with Gasteiger partial charge in [0.15, 0.2) is 0 Å². The zero-order chi connectivity index (χ0) is 14.8. The highest BCUT2D eigenvalue weighted by molar-refractivity contribution is 5.35. The summed E-state index contributed by atoms with van der Waals surface area (Å²) in [6.07, 6.45) is 5.54. The summed E-state index contributed by atoms with van der Waals surface area (Å²) >= 11 is 0. The maximum Gasteiger partial charge on any atom is 0.0349 e. The van der Waals surface area contributed by atoms with Crippen LogP contribution in [-0.2, 0) is 5.41 Å². The molecule has 2 rings (SSSR count). The Morgan fingerprint density at radius 1 is 1.15 bits per heavy atom. The van der Waals surface area contributed by atoms with Crippen LogP contribution in [0.2, 0.25) is 0 Å². The van der Waals surface area contributed by atoms with Crippen LogP contribution < -0.4 is 5.32 Å². The molecule has 1 N–H and O–H groups in total. The van der Waals surface area contributed by atoms with Gasteiger partial charge in [0.2, 0.25) is 0 Å². The molecule has 0 amide bonds. The second kappa shape index (κ2) is 6.30. The van der Waals surface area contributed by atoms with Crippen molar-refractivity contribution in [1.29, 1.82) is 0 Å². The van der Waals surface area contributed by atoms with E-state index in [9.17, 15) is 0 Å². The molecule has 0 spiro atoms. The molecule has 0 aromatic heterocycles. The quantitative estimate of drug-likeness (QED) is 0.810. The van der Waals surface area contributed by atoms with E-state index in [1.165, 1.54) is 36.8 Å². The first-order valence-corrected chi connectivity index (χ1v) is 8.20. The van der Waals surface area contributed by atoms with Gasteiger partial charge in [-0.2, -0.15) is 0 Å². The molecule has 1 fully saturated rings. The fraction of sp³-hybridized carbons (Fsp3) is 0.684. The van der Waals surface area contributed by atoms with Crippen molar-refractivity contribution in [3.8, 4) is 0 Å². The first-order valence-electron chi connectivity index (χ1n) is 8.20. The summed E-state index contributed by atoms with van der Waals surface area (Å²) in [5, 5.41) is 3.62. The Hall–Kier alpha value is -0.820. The average Bonchev–Trinajstić information content (AvgIpc) is 2.39. The second-order valence-corrected chi connectivity index (χ2v) is 7.64. The number of benzene rings is 1. The maximum atomic E-state index is 3.62. The summed E-state index contributed by atoms with van der Waals surface area (Å²) in [6.45, 7) is 9.38. The fourth-order valence-corrected chi connectivity index (χ4v) is 3.88. The van der Waals surface area contributed by atoms with E-state index in [0.29, 0.717) is 6.04 Å². The molecule has 1 aromatic rings. The van der Waals surface area contributed by atoms with Gasteiger partial charge in [0.05, 0.1) is 0 Å². The lowest BCUT2D eigenvalue weighted by atomic mass is 9.73. The molecule has 1 heteroatoms. The van der Waals surface area contributed by atoms with Crippen LogP contribution >= 0.6 is 0 Å². The van der Waals surface area contributed by atoms with E-state index in [-0.39, 0.29) is 5.41 Å². The second-order valence-electron chi connectivity index (χ2n) is 7.64. The first-order chi connectivity index (χ1) is 9.43. The molecule has 0 saturated heterocycles. The first kappa shape index (κ1) is 15.6. The highest BCUT2D eigenvalue weighted by Gasteiger charge is 2.30. The van der Waals surface area contributed by atoms with E-state index >= 15 is 0 Å². The minimum atomic E-state index is 0.214. The molecule has 0 aliphatic heterocycles. The minimum absolute atomic E-state index is 0.214. The van der Waals surface area contributed by atoms with Gasteiger partial charge in [-0.15, -0.1) is 0 Å². The van der Waals surface area contributed by atoms with E-state index < -0.39 is 0 Å². The average molecular weight is 273 g/mol. The van der Waals surface area contributed by atoms with Gasteiger partial charge in [-0.25, -0.2) is 0 Å². The largest absolute Gasteiger partial charge is 0.313 e. The third-order valence-corrected chi connectivity index (χ3v) is 4.86. The lowest BCUT2D eigenvalue weighted by Gasteiger charge is -2.36. The van der Waals surface area contributed by atoms with Crippen molar-refractivity contribution in [2.24, 2.45) is 11.8 Å². The van der Waals surface area contributed by atoms with Crippen LogP contribution in [0.5, 0.6) is 0 Å². The number of hydrogen-bond acceptors (Lipinski definition) is 1. The Labute approximate surface area is 125 Å². The smallest absolute Gasteiger partial charge is 0.0349 e. The summed E-state index contributed by atoms with van der Waals surface area (Å²) in [7, 11) is 2.13. The summed E-state index contributed by atoms with van der Waals surface area (Å²) in [6, 6.07) is 9.53. The van der Waals surface area contributed by atoms with E-state index in [0.717, 1.165) is 11.8 Å². The van der Waals surface area contributed by atoms with Crippen LogP contribution in [0.15, 0.2) is 24.3 Å². The molecule has 1 aromatic carbocycles. The normalized spacial score (nSPS) is 25.4. The molecule has 1 aliphatic carbocycles. The van der Waals surface area contributed by atoms with E-state index in [1.54, 1.807) is 0 Å². The monoisotopic (exact) mass is 273 g/mol. The molecule has 112 valence electrons. The highest BCUT2D eigenvalue weighted by atomic mass is 14.9.